The molecule has 50 heavy (non-hydrogen) atoms. The highest BCUT2D eigenvalue weighted by Crippen LogP contribution is 2.48. The number of piperidine rings is 1. The van der Waals surface area contributed by atoms with E-state index in [4.69, 9.17) is 28.9 Å². The molecular weight excluding hydrogens is 644 g/mol. The first-order valence-corrected chi connectivity index (χ1v) is 18.1. The Kier molecular flexibility index (Phi) is 9.45. The molecule has 1 aliphatic carbocycles. The molecule has 4 aromatic rings. The number of nitrogens with zero attached hydrogens (tertiary/aromatic N) is 5. The quantitative estimate of drug-likeness (QED) is 0.236. The first-order chi connectivity index (χ1) is 24.4. The zero-order valence-electron chi connectivity index (χ0n) is 28.6. The summed E-state index contributed by atoms with van der Waals surface area (Å²) in [5.41, 5.74) is 0.742. The third-order valence-electron chi connectivity index (χ3n) is 11.2. The lowest BCUT2D eigenvalue weighted by Gasteiger charge is -2.47. The number of phenols is 1. The summed E-state index contributed by atoms with van der Waals surface area (Å²) < 4.78 is 56.0. The van der Waals surface area contributed by atoms with Crippen LogP contribution >= 0.6 is 0 Å². The van der Waals surface area contributed by atoms with Crippen LogP contribution < -0.4 is 9.64 Å². The molecular formula is C38H45F2N5O5. The molecule has 1 saturated carbocycles. The molecule has 4 fully saturated rings. The fourth-order valence-electron chi connectivity index (χ4n) is 8.85. The number of aryl methyl sites for hydroxylation is 1. The number of anilines is 1. The Morgan fingerprint density at radius 3 is 2.76 bits per heavy atom. The van der Waals surface area contributed by atoms with E-state index in [9.17, 15) is 5.11 Å². The fraction of sp³-hybridized carbons (Fsp3) is 0.553. The summed E-state index contributed by atoms with van der Waals surface area (Å²) in [5, 5.41) is 12.2. The Labute approximate surface area is 290 Å². The van der Waals surface area contributed by atoms with Gasteiger partial charge in [0.25, 0.3) is 0 Å². The molecule has 2 aromatic carbocycles. The van der Waals surface area contributed by atoms with Gasteiger partial charge in [-0.2, -0.15) is 9.97 Å². The molecule has 266 valence electrons. The molecule has 5 heterocycles. The lowest BCUT2D eigenvalue weighted by molar-refractivity contribution is -0.111. The monoisotopic (exact) mass is 689 g/mol. The van der Waals surface area contributed by atoms with Crippen molar-refractivity contribution in [3.8, 4) is 23.0 Å². The minimum Gasteiger partial charge on any atom is -0.508 e. The van der Waals surface area contributed by atoms with Gasteiger partial charge in [0, 0.05) is 49.5 Å². The normalized spacial score (nSPS) is 24.8. The summed E-state index contributed by atoms with van der Waals surface area (Å²) in [4.78, 5) is 18.9. The van der Waals surface area contributed by atoms with Gasteiger partial charge in [-0.05, 0) is 79.6 Å². The molecule has 8 rings (SSSR count). The van der Waals surface area contributed by atoms with Gasteiger partial charge in [0.05, 0.1) is 44.5 Å². The fourth-order valence-corrected chi connectivity index (χ4v) is 8.85. The standard InChI is InChI=1S/C38H45F2N5O5/c1-2-27-30(39)8-7-24-18-25(46)19-28(32(24)27)34-33(40)35-29(20-41-34)36(44-12-5-14-47-15-13-44)43-37(42-35)50-23-38-9-3-6-31(38)45(11-4-10-38)21-26-22-48-16-17-49-26/h7-8,18-20,26,31,46H,2-6,9-17,21-23H2,1H3/t26?,31-,38-/m1/s1. The number of aromatic nitrogens is 3. The van der Waals surface area contributed by atoms with Gasteiger partial charge in [-0.3, -0.25) is 9.88 Å². The van der Waals surface area contributed by atoms with E-state index in [1.54, 1.807) is 18.3 Å². The Morgan fingerprint density at radius 1 is 1.00 bits per heavy atom. The molecule has 1 unspecified atom stereocenters. The largest absolute Gasteiger partial charge is 0.508 e. The molecule has 0 bridgehead atoms. The Bertz CT molecular complexity index is 1870. The van der Waals surface area contributed by atoms with Gasteiger partial charge in [0.2, 0.25) is 0 Å². The number of likely N-dealkylation sites (tertiary alicyclic amines) is 1. The van der Waals surface area contributed by atoms with Crippen LogP contribution in [0.5, 0.6) is 11.8 Å². The molecule has 3 aliphatic heterocycles. The lowest BCUT2D eigenvalue weighted by atomic mass is 9.75. The van der Waals surface area contributed by atoms with Crippen molar-refractivity contribution in [3.05, 3.63) is 47.7 Å². The van der Waals surface area contributed by atoms with E-state index in [1.165, 1.54) is 12.1 Å². The smallest absolute Gasteiger partial charge is 0.319 e. The highest BCUT2D eigenvalue weighted by molar-refractivity contribution is 6.01. The predicted octanol–water partition coefficient (Wildman–Crippen LogP) is 6.05. The SMILES string of the molecule is CCc1c(F)ccc2cc(O)cc(-c3ncc4c(N5CCCOCC5)nc(OC[C@]56CCC[C@H]5N(CC5COCCO5)CCC6)nc4c3F)c12. The van der Waals surface area contributed by atoms with Crippen LogP contribution in [0, 0.1) is 17.0 Å². The van der Waals surface area contributed by atoms with Crippen molar-refractivity contribution in [1.29, 1.82) is 0 Å². The number of aromatic hydroxyl groups is 1. The number of rotatable bonds is 8. The van der Waals surface area contributed by atoms with Crippen LogP contribution in [0.1, 0.15) is 51.0 Å². The zero-order chi connectivity index (χ0) is 34.2. The summed E-state index contributed by atoms with van der Waals surface area (Å²) in [6.45, 7) is 8.47. The summed E-state index contributed by atoms with van der Waals surface area (Å²) in [6.07, 6.45) is 8.21. The van der Waals surface area contributed by atoms with E-state index in [0.717, 1.165) is 51.6 Å². The number of benzene rings is 2. The highest BCUT2D eigenvalue weighted by Gasteiger charge is 2.49. The molecule has 3 saturated heterocycles. The van der Waals surface area contributed by atoms with E-state index < -0.39 is 5.82 Å². The summed E-state index contributed by atoms with van der Waals surface area (Å²) >= 11 is 0. The number of halogens is 2. The molecule has 0 amide bonds. The van der Waals surface area contributed by atoms with Crippen molar-refractivity contribution in [1.82, 2.24) is 19.9 Å². The first-order valence-electron chi connectivity index (χ1n) is 18.1. The van der Waals surface area contributed by atoms with Crippen LogP contribution in [0.2, 0.25) is 0 Å². The van der Waals surface area contributed by atoms with Crippen LogP contribution in [0.3, 0.4) is 0 Å². The van der Waals surface area contributed by atoms with Crippen molar-refractivity contribution >= 4 is 27.5 Å². The van der Waals surface area contributed by atoms with Crippen molar-refractivity contribution in [2.75, 3.05) is 70.7 Å². The highest BCUT2D eigenvalue weighted by atomic mass is 19.1. The second-order valence-corrected chi connectivity index (χ2v) is 14.2. The van der Waals surface area contributed by atoms with Crippen LogP contribution in [-0.4, -0.2) is 103 Å². The molecule has 4 aliphatic rings. The second kappa shape index (κ2) is 14.1. The average Bonchev–Trinajstić information content (AvgIpc) is 3.38. The zero-order valence-corrected chi connectivity index (χ0v) is 28.6. The first kappa shape index (κ1) is 33.4. The summed E-state index contributed by atoms with van der Waals surface area (Å²) in [6, 6.07) is 6.45. The summed E-state index contributed by atoms with van der Waals surface area (Å²) in [5.74, 6) is -0.568. The topological polar surface area (TPSA) is 102 Å². The second-order valence-electron chi connectivity index (χ2n) is 14.2. The van der Waals surface area contributed by atoms with E-state index >= 15 is 8.78 Å². The average molecular weight is 690 g/mol. The number of fused-ring (bicyclic) bond motifs is 3. The van der Waals surface area contributed by atoms with Crippen LogP contribution in [-0.2, 0) is 20.6 Å². The number of hydrogen-bond acceptors (Lipinski definition) is 10. The maximum Gasteiger partial charge on any atom is 0.319 e. The van der Waals surface area contributed by atoms with Gasteiger partial charge in [-0.1, -0.05) is 19.4 Å². The third-order valence-corrected chi connectivity index (χ3v) is 11.2. The van der Waals surface area contributed by atoms with Gasteiger partial charge in [-0.25, -0.2) is 8.78 Å². The minimum atomic E-state index is -0.671. The molecule has 10 nitrogen and oxygen atoms in total. The molecule has 12 heteroatoms. The lowest BCUT2D eigenvalue weighted by Crippen LogP contribution is -2.54. The van der Waals surface area contributed by atoms with Crippen LogP contribution in [0.15, 0.2) is 30.5 Å². The number of ether oxygens (including phenoxy) is 4. The van der Waals surface area contributed by atoms with Gasteiger partial charge in [-0.15, -0.1) is 0 Å². The number of hydrogen-bond donors (Lipinski definition) is 1. The third kappa shape index (κ3) is 6.24. The van der Waals surface area contributed by atoms with E-state index in [0.29, 0.717) is 98.3 Å². The molecule has 0 radical (unpaired) electrons. The van der Waals surface area contributed by atoms with Gasteiger partial charge >= 0.3 is 6.01 Å². The molecule has 0 spiro atoms. The number of phenolic OH excluding ortho intramolecular Hbond substituents is 1. The minimum absolute atomic E-state index is 0.0141. The molecule has 1 N–H and O–H groups in total. The van der Waals surface area contributed by atoms with E-state index in [2.05, 4.69) is 14.8 Å². The van der Waals surface area contributed by atoms with E-state index in [-0.39, 0.29) is 40.3 Å². The van der Waals surface area contributed by atoms with Crippen molar-refractivity contribution in [3.63, 3.8) is 0 Å². The molecule has 3 atom stereocenters. The van der Waals surface area contributed by atoms with Gasteiger partial charge < -0.3 is 29.0 Å². The Hall–Kier alpha value is -3.71. The van der Waals surface area contributed by atoms with Crippen LogP contribution in [0.4, 0.5) is 14.6 Å². The van der Waals surface area contributed by atoms with Crippen molar-refractivity contribution in [2.24, 2.45) is 5.41 Å². The van der Waals surface area contributed by atoms with Crippen molar-refractivity contribution in [2.45, 2.75) is 64.0 Å². The maximum atomic E-state index is 17.0. The van der Waals surface area contributed by atoms with Crippen LogP contribution in [0.25, 0.3) is 32.9 Å². The Balaban J connectivity index is 1.18. The van der Waals surface area contributed by atoms with Gasteiger partial charge in [0.15, 0.2) is 5.82 Å². The predicted molar refractivity (Wildman–Crippen MR) is 186 cm³/mol. The van der Waals surface area contributed by atoms with Crippen molar-refractivity contribution < 1.29 is 32.8 Å². The van der Waals surface area contributed by atoms with Gasteiger partial charge in [0.1, 0.15) is 28.6 Å². The van der Waals surface area contributed by atoms with E-state index in [1.807, 2.05) is 6.92 Å². The molecule has 2 aromatic heterocycles. The maximum absolute atomic E-state index is 17.0. The number of pyridine rings is 1. The summed E-state index contributed by atoms with van der Waals surface area (Å²) in [7, 11) is 0. The Morgan fingerprint density at radius 2 is 1.90 bits per heavy atom.